The Balaban J connectivity index is 1.56. The first-order valence-electron chi connectivity index (χ1n) is 9.77. The topological polar surface area (TPSA) is 109 Å². The molecule has 0 bridgehead atoms. The average molecular weight is 405 g/mol. The van der Waals surface area contributed by atoms with Crippen LogP contribution in [0.5, 0.6) is 0 Å². The lowest BCUT2D eigenvalue weighted by molar-refractivity contribution is -0.384. The van der Waals surface area contributed by atoms with Crippen molar-refractivity contribution < 1.29 is 19.2 Å². The van der Waals surface area contributed by atoms with Crippen molar-refractivity contribution in [3.8, 4) is 0 Å². The fraction of sp³-hybridized carbons (Fsp3) is 0.632. The Labute approximate surface area is 169 Å². The van der Waals surface area contributed by atoms with Crippen LogP contribution in [0.3, 0.4) is 0 Å². The molecule has 2 aliphatic rings. The SMILES string of the molecule is CC(C)(C)OC(=O)N1CCN(C2CCN(c3ncccc3[N+](=O)[O-])CC2)C(=O)C1. The molecule has 2 amide bonds. The molecule has 10 heteroatoms. The second-order valence-electron chi connectivity index (χ2n) is 8.31. The predicted octanol–water partition coefficient (Wildman–Crippen LogP) is 2.04. The van der Waals surface area contributed by atoms with E-state index in [9.17, 15) is 19.7 Å². The van der Waals surface area contributed by atoms with Gasteiger partial charge < -0.3 is 14.5 Å². The van der Waals surface area contributed by atoms with Crippen molar-refractivity contribution in [3.63, 3.8) is 0 Å². The molecule has 1 aromatic rings. The maximum Gasteiger partial charge on any atom is 0.410 e. The zero-order chi connectivity index (χ0) is 21.2. The third-order valence-corrected chi connectivity index (χ3v) is 5.08. The highest BCUT2D eigenvalue weighted by molar-refractivity contribution is 5.84. The van der Waals surface area contributed by atoms with Gasteiger partial charge in [0, 0.05) is 44.5 Å². The molecule has 10 nitrogen and oxygen atoms in total. The minimum Gasteiger partial charge on any atom is -0.444 e. The molecule has 0 unspecified atom stereocenters. The molecule has 0 aliphatic carbocycles. The zero-order valence-electron chi connectivity index (χ0n) is 17.0. The second kappa shape index (κ2) is 8.22. The van der Waals surface area contributed by atoms with Crippen molar-refractivity contribution in [2.24, 2.45) is 0 Å². The van der Waals surface area contributed by atoms with Crippen LogP contribution < -0.4 is 4.90 Å². The van der Waals surface area contributed by atoms with E-state index in [1.54, 1.807) is 33.0 Å². The number of carbonyl (C=O) groups is 2. The Morgan fingerprint density at radius 3 is 2.52 bits per heavy atom. The fourth-order valence-corrected chi connectivity index (χ4v) is 3.72. The van der Waals surface area contributed by atoms with Gasteiger partial charge in [0.2, 0.25) is 11.7 Å². The summed E-state index contributed by atoms with van der Waals surface area (Å²) in [6.45, 7) is 7.47. The molecule has 158 valence electrons. The number of carbonyl (C=O) groups excluding carboxylic acids is 2. The van der Waals surface area contributed by atoms with Gasteiger partial charge in [0.25, 0.3) is 0 Å². The number of piperidine rings is 1. The van der Waals surface area contributed by atoms with E-state index in [0.717, 1.165) is 0 Å². The van der Waals surface area contributed by atoms with E-state index in [0.29, 0.717) is 44.8 Å². The predicted molar refractivity (Wildman–Crippen MR) is 106 cm³/mol. The van der Waals surface area contributed by atoms with E-state index in [-0.39, 0.29) is 24.2 Å². The molecular formula is C19H27N5O5. The highest BCUT2D eigenvalue weighted by Gasteiger charge is 2.35. The van der Waals surface area contributed by atoms with E-state index in [4.69, 9.17) is 4.74 Å². The van der Waals surface area contributed by atoms with Crippen molar-refractivity contribution in [3.05, 3.63) is 28.4 Å². The zero-order valence-corrected chi connectivity index (χ0v) is 17.0. The van der Waals surface area contributed by atoms with E-state index < -0.39 is 16.6 Å². The van der Waals surface area contributed by atoms with E-state index in [1.165, 1.54) is 11.0 Å². The van der Waals surface area contributed by atoms with E-state index >= 15 is 0 Å². The highest BCUT2D eigenvalue weighted by atomic mass is 16.6. The van der Waals surface area contributed by atoms with Gasteiger partial charge in [0.05, 0.1) is 4.92 Å². The van der Waals surface area contributed by atoms with Crippen molar-refractivity contribution in [1.82, 2.24) is 14.8 Å². The number of amides is 2. The van der Waals surface area contributed by atoms with Gasteiger partial charge in [-0.15, -0.1) is 0 Å². The first kappa shape index (κ1) is 20.8. The van der Waals surface area contributed by atoms with Crippen LogP contribution in [0.1, 0.15) is 33.6 Å². The quantitative estimate of drug-likeness (QED) is 0.559. The monoisotopic (exact) mass is 405 g/mol. The minimum atomic E-state index is -0.599. The van der Waals surface area contributed by atoms with Crippen LogP contribution in [0.2, 0.25) is 0 Å². The van der Waals surface area contributed by atoms with Gasteiger partial charge in [-0.2, -0.15) is 0 Å². The van der Waals surface area contributed by atoms with E-state index in [1.807, 2.05) is 9.80 Å². The summed E-state index contributed by atoms with van der Waals surface area (Å²) >= 11 is 0. The molecule has 0 aromatic carbocycles. The summed E-state index contributed by atoms with van der Waals surface area (Å²) in [7, 11) is 0. The molecule has 29 heavy (non-hydrogen) atoms. The average Bonchev–Trinajstić information content (AvgIpc) is 2.67. The number of hydrogen-bond donors (Lipinski definition) is 0. The third-order valence-electron chi connectivity index (χ3n) is 5.08. The summed E-state index contributed by atoms with van der Waals surface area (Å²) < 4.78 is 5.35. The van der Waals surface area contributed by atoms with Crippen LogP contribution in [0.15, 0.2) is 18.3 Å². The number of aromatic nitrogens is 1. The first-order chi connectivity index (χ1) is 13.7. The molecule has 0 saturated carbocycles. The first-order valence-corrected chi connectivity index (χ1v) is 9.77. The Morgan fingerprint density at radius 1 is 1.24 bits per heavy atom. The third kappa shape index (κ3) is 4.93. The minimum absolute atomic E-state index is 0.00648. The maximum atomic E-state index is 12.6. The molecule has 0 spiro atoms. The molecule has 2 saturated heterocycles. The molecule has 1 aromatic heterocycles. The second-order valence-corrected chi connectivity index (χ2v) is 8.31. The number of nitrogens with zero attached hydrogens (tertiary/aromatic N) is 5. The Morgan fingerprint density at radius 2 is 1.93 bits per heavy atom. The van der Waals surface area contributed by atoms with Gasteiger partial charge in [-0.1, -0.05) is 0 Å². The Kier molecular flexibility index (Phi) is 5.90. The number of pyridine rings is 1. The van der Waals surface area contributed by atoms with Crippen LogP contribution in [-0.2, 0) is 9.53 Å². The summed E-state index contributed by atoms with van der Waals surface area (Å²) in [6.07, 6.45) is 2.48. The van der Waals surface area contributed by atoms with Gasteiger partial charge in [-0.25, -0.2) is 9.78 Å². The van der Waals surface area contributed by atoms with Crippen LogP contribution in [0, 0.1) is 10.1 Å². The maximum absolute atomic E-state index is 12.6. The van der Waals surface area contributed by atoms with Crippen LogP contribution >= 0.6 is 0 Å². The van der Waals surface area contributed by atoms with Crippen LogP contribution in [0.25, 0.3) is 0 Å². The number of anilines is 1. The molecule has 0 radical (unpaired) electrons. The summed E-state index contributed by atoms with van der Waals surface area (Å²) in [4.78, 5) is 45.0. The summed E-state index contributed by atoms with van der Waals surface area (Å²) in [6, 6.07) is 3.06. The largest absolute Gasteiger partial charge is 0.444 e. The van der Waals surface area contributed by atoms with Gasteiger partial charge in [-0.05, 0) is 39.7 Å². The lowest BCUT2D eigenvalue weighted by Crippen LogP contribution is -2.57. The lowest BCUT2D eigenvalue weighted by Gasteiger charge is -2.42. The van der Waals surface area contributed by atoms with Gasteiger partial charge >= 0.3 is 11.8 Å². The summed E-state index contributed by atoms with van der Waals surface area (Å²) in [5.41, 5.74) is -0.606. The Bertz CT molecular complexity index is 785. The van der Waals surface area contributed by atoms with Crippen LogP contribution in [-0.4, -0.2) is 76.1 Å². The Hall–Kier alpha value is -2.91. The van der Waals surface area contributed by atoms with Crippen molar-refractivity contribution in [2.45, 2.75) is 45.3 Å². The lowest BCUT2D eigenvalue weighted by atomic mass is 10.0. The molecule has 2 fully saturated rings. The number of piperazine rings is 1. The van der Waals surface area contributed by atoms with Gasteiger partial charge in [0.15, 0.2) is 0 Å². The number of ether oxygens (including phenoxy) is 1. The summed E-state index contributed by atoms with van der Waals surface area (Å²) in [5, 5.41) is 11.2. The van der Waals surface area contributed by atoms with Gasteiger partial charge in [-0.3, -0.25) is 19.8 Å². The number of rotatable bonds is 3. The van der Waals surface area contributed by atoms with Crippen molar-refractivity contribution in [1.29, 1.82) is 0 Å². The molecular weight excluding hydrogens is 378 g/mol. The smallest absolute Gasteiger partial charge is 0.410 e. The molecule has 2 aliphatic heterocycles. The standard InChI is InChI=1S/C19H27N5O5/c1-19(2,3)29-18(26)22-11-12-23(16(25)13-22)14-6-9-21(10-7-14)17-15(24(27)28)5-4-8-20-17/h4-5,8,14H,6-7,9-13H2,1-3H3. The number of hydrogen-bond acceptors (Lipinski definition) is 7. The molecule has 3 rings (SSSR count). The number of nitro groups is 1. The summed E-state index contributed by atoms with van der Waals surface area (Å²) in [5.74, 6) is 0.279. The fourth-order valence-electron chi connectivity index (χ4n) is 3.72. The van der Waals surface area contributed by atoms with E-state index in [2.05, 4.69) is 4.98 Å². The normalized spacial score (nSPS) is 18.7. The molecule has 0 N–H and O–H groups in total. The highest BCUT2D eigenvalue weighted by Crippen LogP contribution is 2.29. The molecule has 0 atom stereocenters. The van der Waals surface area contributed by atoms with Crippen molar-refractivity contribution in [2.75, 3.05) is 37.6 Å². The van der Waals surface area contributed by atoms with Crippen LogP contribution in [0.4, 0.5) is 16.3 Å². The van der Waals surface area contributed by atoms with Crippen molar-refractivity contribution >= 4 is 23.5 Å². The molecule has 3 heterocycles. The van der Waals surface area contributed by atoms with Gasteiger partial charge in [0.1, 0.15) is 12.1 Å².